The van der Waals surface area contributed by atoms with E-state index < -0.39 is 28.8 Å². The van der Waals surface area contributed by atoms with Crippen molar-refractivity contribution in [1.29, 1.82) is 0 Å². The first-order valence-electron chi connectivity index (χ1n) is 7.74. The number of nitrogens with zero attached hydrogens (tertiary/aromatic N) is 4. The topological polar surface area (TPSA) is 52.2 Å². The molecule has 0 bridgehead atoms. The van der Waals surface area contributed by atoms with E-state index in [2.05, 4.69) is 10.1 Å². The third-order valence-electron chi connectivity index (χ3n) is 3.97. The summed E-state index contributed by atoms with van der Waals surface area (Å²) in [5, 5.41) is 3.99. The Labute approximate surface area is 149 Å². The van der Waals surface area contributed by atoms with E-state index in [1.54, 1.807) is 0 Å². The van der Waals surface area contributed by atoms with Gasteiger partial charge in [0.25, 0.3) is 5.56 Å². The molecule has 1 aromatic carbocycles. The molecule has 0 atom stereocenters. The summed E-state index contributed by atoms with van der Waals surface area (Å²) in [5.41, 5.74) is -2.44. The van der Waals surface area contributed by atoms with Gasteiger partial charge in [0.2, 0.25) is 0 Å². The second-order valence-corrected chi connectivity index (χ2v) is 5.72. The summed E-state index contributed by atoms with van der Waals surface area (Å²) < 4.78 is 56.0. The number of hydrogen-bond donors (Lipinski definition) is 0. The molecular formula is C18H10F4N4O. The Bertz CT molecular complexity index is 1190. The van der Waals surface area contributed by atoms with Crippen LogP contribution in [0.4, 0.5) is 17.6 Å². The molecule has 0 aliphatic heterocycles. The lowest BCUT2D eigenvalue weighted by Crippen LogP contribution is -2.23. The molecule has 0 unspecified atom stereocenters. The molecule has 0 aliphatic carbocycles. The Morgan fingerprint density at radius 1 is 1.00 bits per heavy atom. The summed E-state index contributed by atoms with van der Waals surface area (Å²) in [6.45, 7) is 0. The fourth-order valence-corrected chi connectivity index (χ4v) is 2.74. The van der Waals surface area contributed by atoms with Gasteiger partial charge in [0.1, 0.15) is 11.5 Å². The van der Waals surface area contributed by atoms with Gasteiger partial charge < -0.3 is 0 Å². The molecule has 0 fully saturated rings. The number of fused-ring (bicyclic) bond motifs is 1. The Balaban J connectivity index is 1.95. The van der Waals surface area contributed by atoms with Gasteiger partial charge in [0, 0.05) is 18.0 Å². The Morgan fingerprint density at radius 3 is 2.44 bits per heavy atom. The van der Waals surface area contributed by atoms with E-state index in [0.717, 1.165) is 10.6 Å². The highest BCUT2D eigenvalue weighted by molar-refractivity contribution is 5.66. The highest BCUT2D eigenvalue weighted by Crippen LogP contribution is 2.34. The number of aromatic nitrogens is 4. The van der Waals surface area contributed by atoms with Crippen LogP contribution >= 0.6 is 0 Å². The third-order valence-corrected chi connectivity index (χ3v) is 3.97. The van der Waals surface area contributed by atoms with E-state index in [1.165, 1.54) is 59.5 Å². The van der Waals surface area contributed by atoms with Gasteiger partial charge in [0.05, 0.1) is 17.4 Å². The normalized spacial score (nSPS) is 11.9. The highest BCUT2D eigenvalue weighted by atomic mass is 19.4. The zero-order valence-electron chi connectivity index (χ0n) is 13.5. The molecule has 0 spiro atoms. The van der Waals surface area contributed by atoms with Crippen molar-refractivity contribution in [3.05, 3.63) is 82.9 Å². The number of halogens is 4. The van der Waals surface area contributed by atoms with Crippen molar-refractivity contribution in [3.63, 3.8) is 0 Å². The highest BCUT2D eigenvalue weighted by Gasteiger charge is 2.38. The van der Waals surface area contributed by atoms with Crippen LogP contribution in [0.2, 0.25) is 0 Å². The van der Waals surface area contributed by atoms with Crippen LogP contribution < -0.4 is 5.56 Å². The van der Waals surface area contributed by atoms with Gasteiger partial charge in [-0.15, -0.1) is 0 Å². The predicted octanol–water partition coefficient (Wildman–Crippen LogP) is 3.71. The number of hydrogen-bond acceptors (Lipinski definition) is 3. The van der Waals surface area contributed by atoms with Crippen LogP contribution in [-0.4, -0.2) is 19.2 Å². The molecule has 27 heavy (non-hydrogen) atoms. The molecule has 0 saturated heterocycles. The number of alkyl halides is 3. The molecule has 4 aromatic rings. The van der Waals surface area contributed by atoms with Crippen molar-refractivity contribution in [2.75, 3.05) is 0 Å². The van der Waals surface area contributed by atoms with Crippen LogP contribution in [0.1, 0.15) is 5.69 Å². The van der Waals surface area contributed by atoms with Crippen molar-refractivity contribution >= 4 is 5.65 Å². The molecule has 3 heterocycles. The molecule has 9 heteroatoms. The van der Waals surface area contributed by atoms with Gasteiger partial charge in [-0.1, -0.05) is 6.07 Å². The zero-order chi connectivity index (χ0) is 19.2. The van der Waals surface area contributed by atoms with Gasteiger partial charge in [-0.25, -0.2) is 14.1 Å². The summed E-state index contributed by atoms with van der Waals surface area (Å²) in [6, 6.07) is 9.57. The molecule has 136 valence electrons. The minimum atomic E-state index is -4.82. The molecule has 0 aliphatic rings. The third kappa shape index (κ3) is 2.97. The molecule has 0 N–H and O–H groups in total. The smallest absolute Gasteiger partial charge is 0.268 e. The Hall–Kier alpha value is -3.49. The van der Waals surface area contributed by atoms with E-state index in [-0.39, 0.29) is 11.2 Å². The van der Waals surface area contributed by atoms with Crippen molar-refractivity contribution in [1.82, 2.24) is 19.2 Å². The van der Waals surface area contributed by atoms with Gasteiger partial charge in [-0.2, -0.15) is 18.3 Å². The summed E-state index contributed by atoms with van der Waals surface area (Å²) in [6.07, 6.45) is -1.06. The predicted molar refractivity (Wildman–Crippen MR) is 89.0 cm³/mol. The monoisotopic (exact) mass is 374 g/mol. The molecule has 5 nitrogen and oxygen atoms in total. The second kappa shape index (κ2) is 6.04. The van der Waals surface area contributed by atoms with E-state index in [9.17, 15) is 22.4 Å². The molecule has 4 rings (SSSR count). The maximum absolute atomic E-state index is 13.5. The van der Waals surface area contributed by atoms with Crippen molar-refractivity contribution in [2.45, 2.75) is 6.18 Å². The van der Waals surface area contributed by atoms with Crippen LogP contribution in [0.15, 0.2) is 65.8 Å². The lowest BCUT2D eigenvalue weighted by molar-refractivity contribution is -0.140. The molecular weight excluding hydrogens is 364 g/mol. The summed E-state index contributed by atoms with van der Waals surface area (Å²) >= 11 is 0. The fourth-order valence-electron chi connectivity index (χ4n) is 2.74. The molecule has 0 saturated carbocycles. The summed E-state index contributed by atoms with van der Waals surface area (Å²) in [4.78, 5) is 16.4. The minimum Gasteiger partial charge on any atom is -0.268 e. The first-order valence-corrected chi connectivity index (χ1v) is 7.74. The second-order valence-electron chi connectivity index (χ2n) is 5.72. The van der Waals surface area contributed by atoms with E-state index >= 15 is 0 Å². The van der Waals surface area contributed by atoms with Crippen molar-refractivity contribution in [3.8, 4) is 16.8 Å². The van der Waals surface area contributed by atoms with Gasteiger partial charge in [0.15, 0.2) is 5.69 Å². The van der Waals surface area contributed by atoms with E-state index in [0.29, 0.717) is 5.69 Å². The average molecular weight is 374 g/mol. The number of rotatable bonds is 2. The molecule has 0 radical (unpaired) electrons. The van der Waals surface area contributed by atoms with Crippen molar-refractivity contribution in [2.24, 2.45) is 0 Å². The minimum absolute atomic E-state index is 0.0394. The van der Waals surface area contributed by atoms with Crippen molar-refractivity contribution < 1.29 is 17.6 Å². The number of pyridine rings is 1. The number of benzene rings is 1. The summed E-state index contributed by atoms with van der Waals surface area (Å²) in [7, 11) is 0. The van der Waals surface area contributed by atoms with E-state index in [4.69, 9.17) is 0 Å². The lowest BCUT2D eigenvalue weighted by atomic mass is 10.1. The Morgan fingerprint density at radius 2 is 1.74 bits per heavy atom. The van der Waals surface area contributed by atoms with Crippen LogP contribution in [0.25, 0.3) is 22.5 Å². The van der Waals surface area contributed by atoms with Gasteiger partial charge >= 0.3 is 6.18 Å². The molecule has 0 amide bonds. The van der Waals surface area contributed by atoms with Crippen LogP contribution in [0.3, 0.4) is 0 Å². The first-order chi connectivity index (χ1) is 12.8. The van der Waals surface area contributed by atoms with E-state index in [1.807, 2.05) is 0 Å². The molecule has 3 aromatic heterocycles. The lowest BCUT2D eigenvalue weighted by Gasteiger charge is -2.12. The fraction of sp³-hybridized carbons (Fsp3) is 0.0556. The maximum atomic E-state index is 13.5. The largest absolute Gasteiger partial charge is 0.434 e. The maximum Gasteiger partial charge on any atom is 0.434 e. The zero-order valence-corrected chi connectivity index (χ0v) is 13.5. The quantitative estimate of drug-likeness (QED) is 0.503. The summed E-state index contributed by atoms with van der Waals surface area (Å²) in [5.74, 6) is -0.456. The standard InChI is InChI=1S/C18H10F4N4O/c19-12-4-6-13(7-5-12)26-10-11(9-23-26)15-16(18(20,21)22)24-14-3-1-2-8-25(14)17(15)27/h1-10H. The first kappa shape index (κ1) is 17.0. The average Bonchev–Trinajstić information content (AvgIpc) is 3.11. The van der Waals surface area contributed by atoms with Gasteiger partial charge in [-0.05, 0) is 36.4 Å². The van der Waals surface area contributed by atoms with Crippen LogP contribution in [0.5, 0.6) is 0 Å². The van der Waals surface area contributed by atoms with Crippen LogP contribution in [0, 0.1) is 5.82 Å². The SMILES string of the molecule is O=c1c(-c2cnn(-c3ccc(F)cc3)c2)c(C(F)(F)F)nc2ccccn12. The van der Waals surface area contributed by atoms with Crippen LogP contribution in [-0.2, 0) is 6.18 Å². The van der Waals surface area contributed by atoms with Gasteiger partial charge in [-0.3, -0.25) is 9.20 Å². The Kier molecular flexibility index (Phi) is 3.79.